The van der Waals surface area contributed by atoms with Crippen LogP contribution in [0, 0.1) is 0 Å². The predicted octanol–water partition coefficient (Wildman–Crippen LogP) is 3.77. The molecule has 0 heterocycles. The second-order valence-electron chi connectivity index (χ2n) is 5.88. The van der Waals surface area contributed by atoms with E-state index in [2.05, 4.69) is 54.9 Å². The first-order valence-corrected chi connectivity index (χ1v) is 6.60. The molecule has 1 saturated carbocycles. The maximum Gasteiger partial charge on any atom is 0.0527 e. The van der Waals surface area contributed by atoms with Gasteiger partial charge in [0.15, 0.2) is 0 Å². The first-order chi connectivity index (χ1) is 7.39. The SMILES string of the molecule is CC(C)(C)c1ccc(C2(CO)CC2)cc1Br. The average molecular weight is 283 g/mol. The van der Waals surface area contributed by atoms with E-state index in [4.69, 9.17) is 0 Å². The van der Waals surface area contributed by atoms with Crippen LogP contribution >= 0.6 is 15.9 Å². The van der Waals surface area contributed by atoms with Crippen LogP contribution in [0.1, 0.15) is 44.7 Å². The molecule has 0 atom stereocenters. The molecule has 1 aromatic carbocycles. The zero-order valence-electron chi connectivity index (χ0n) is 10.2. The summed E-state index contributed by atoms with van der Waals surface area (Å²) in [6.07, 6.45) is 2.23. The lowest BCUT2D eigenvalue weighted by atomic mass is 9.85. The molecular weight excluding hydrogens is 264 g/mol. The quantitative estimate of drug-likeness (QED) is 0.876. The van der Waals surface area contributed by atoms with Crippen LogP contribution in [0.2, 0.25) is 0 Å². The zero-order chi connectivity index (χ0) is 12.0. The van der Waals surface area contributed by atoms with Crippen LogP contribution in [-0.4, -0.2) is 11.7 Å². The highest BCUT2D eigenvalue weighted by Crippen LogP contribution is 2.48. The smallest absolute Gasteiger partial charge is 0.0527 e. The summed E-state index contributed by atoms with van der Waals surface area (Å²) in [4.78, 5) is 0. The van der Waals surface area contributed by atoms with Crippen LogP contribution < -0.4 is 0 Å². The van der Waals surface area contributed by atoms with Gasteiger partial charge in [0.25, 0.3) is 0 Å². The van der Waals surface area contributed by atoms with Gasteiger partial charge in [-0.05, 0) is 35.4 Å². The Bertz CT molecular complexity index is 400. The molecular formula is C14H19BrO. The van der Waals surface area contributed by atoms with Gasteiger partial charge < -0.3 is 5.11 Å². The maximum absolute atomic E-state index is 9.41. The molecule has 1 N–H and O–H groups in total. The molecule has 1 aliphatic carbocycles. The number of halogens is 1. The highest BCUT2D eigenvalue weighted by molar-refractivity contribution is 9.10. The minimum Gasteiger partial charge on any atom is -0.395 e. The van der Waals surface area contributed by atoms with Gasteiger partial charge >= 0.3 is 0 Å². The van der Waals surface area contributed by atoms with E-state index in [1.165, 1.54) is 11.1 Å². The van der Waals surface area contributed by atoms with E-state index >= 15 is 0 Å². The topological polar surface area (TPSA) is 20.2 Å². The van der Waals surface area contributed by atoms with Crippen LogP contribution in [-0.2, 0) is 10.8 Å². The van der Waals surface area contributed by atoms with Gasteiger partial charge in [0, 0.05) is 9.89 Å². The van der Waals surface area contributed by atoms with Gasteiger partial charge in [0.2, 0.25) is 0 Å². The second-order valence-corrected chi connectivity index (χ2v) is 6.74. The first kappa shape index (κ1) is 12.1. The Hall–Kier alpha value is -0.340. The van der Waals surface area contributed by atoms with Gasteiger partial charge in [-0.2, -0.15) is 0 Å². The van der Waals surface area contributed by atoms with Gasteiger partial charge in [0.05, 0.1) is 6.61 Å². The van der Waals surface area contributed by atoms with Crippen molar-refractivity contribution in [2.24, 2.45) is 0 Å². The van der Waals surface area contributed by atoms with E-state index in [-0.39, 0.29) is 17.4 Å². The molecule has 0 spiro atoms. The van der Waals surface area contributed by atoms with E-state index in [9.17, 15) is 5.11 Å². The normalized spacial score (nSPS) is 18.6. The number of rotatable bonds is 2. The maximum atomic E-state index is 9.41. The van der Waals surface area contributed by atoms with Crippen molar-refractivity contribution in [2.45, 2.75) is 44.4 Å². The first-order valence-electron chi connectivity index (χ1n) is 5.80. The van der Waals surface area contributed by atoms with E-state index in [1.54, 1.807) is 0 Å². The lowest BCUT2D eigenvalue weighted by Crippen LogP contribution is -2.15. The molecule has 16 heavy (non-hydrogen) atoms. The van der Waals surface area contributed by atoms with Crippen LogP contribution in [0.4, 0.5) is 0 Å². The molecule has 1 aliphatic rings. The van der Waals surface area contributed by atoms with Gasteiger partial charge in [0.1, 0.15) is 0 Å². The molecule has 0 aliphatic heterocycles. The fraction of sp³-hybridized carbons (Fsp3) is 0.571. The number of hydrogen-bond donors (Lipinski definition) is 1. The Morgan fingerprint density at radius 2 is 1.94 bits per heavy atom. The molecule has 0 amide bonds. The summed E-state index contributed by atoms with van der Waals surface area (Å²) >= 11 is 3.65. The molecule has 1 aromatic rings. The van der Waals surface area contributed by atoms with Crippen LogP contribution in [0.15, 0.2) is 22.7 Å². The van der Waals surface area contributed by atoms with Gasteiger partial charge in [-0.3, -0.25) is 0 Å². The van der Waals surface area contributed by atoms with Crippen molar-refractivity contribution in [3.05, 3.63) is 33.8 Å². The Balaban J connectivity index is 2.37. The number of aliphatic hydroxyl groups excluding tert-OH is 1. The molecule has 2 rings (SSSR count). The second kappa shape index (κ2) is 3.85. The summed E-state index contributed by atoms with van der Waals surface area (Å²) in [7, 11) is 0. The fourth-order valence-corrected chi connectivity index (χ4v) is 3.12. The highest BCUT2D eigenvalue weighted by Gasteiger charge is 2.43. The third-order valence-electron chi connectivity index (χ3n) is 3.55. The molecule has 1 nitrogen and oxygen atoms in total. The fourth-order valence-electron chi connectivity index (χ4n) is 2.14. The minimum absolute atomic E-state index is 0.0684. The minimum atomic E-state index is 0.0684. The summed E-state index contributed by atoms with van der Waals surface area (Å²) in [5, 5.41) is 9.41. The van der Waals surface area contributed by atoms with Crippen molar-refractivity contribution < 1.29 is 5.11 Å². The largest absolute Gasteiger partial charge is 0.395 e. The molecule has 0 unspecified atom stereocenters. The monoisotopic (exact) mass is 282 g/mol. The van der Waals surface area contributed by atoms with Crippen molar-refractivity contribution >= 4 is 15.9 Å². The molecule has 0 saturated heterocycles. The van der Waals surface area contributed by atoms with E-state index in [0.717, 1.165) is 17.3 Å². The standard InChI is InChI=1S/C14H19BrO/c1-13(2,3)11-5-4-10(8-12(11)15)14(9-16)6-7-14/h4-5,8,16H,6-7,9H2,1-3H3. The average Bonchev–Trinajstić information content (AvgIpc) is 2.96. The highest BCUT2D eigenvalue weighted by atomic mass is 79.9. The number of aliphatic hydroxyl groups is 1. The molecule has 0 aromatic heterocycles. The summed E-state index contributed by atoms with van der Waals surface area (Å²) in [6.45, 7) is 6.91. The lowest BCUT2D eigenvalue weighted by molar-refractivity contribution is 0.255. The Morgan fingerprint density at radius 1 is 1.31 bits per heavy atom. The van der Waals surface area contributed by atoms with Crippen molar-refractivity contribution in [1.29, 1.82) is 0 Å². The molecule has 88 valence electrons. The van der Waals surface area contributed by atoms with Crippen molar-refractivity contribution in [3.8, 4) is 0 Å². The van der Waals surface area contributed by atoms with Crippen molar-refractivity contribution in [3.63, 3.8) is 0 Å². The van der Waals surface area contributed by atoms with Crippen LogP contribution in [0.5, 0.6) is 0 Å². The third kappa shape index (κ3) is 2.05. The summed E-state index contributed by atoms with van der Waals surface area (Å²) < 4.78 is 1.16. The summed E-state index contributed by atoms with van der Waals surface area (Å²) in [6, 6.07) is 6.55. The predicted molar refractivity (Wildman–Crippen MR) is 70.8 cm³/mol. The van der Waals surface area contributed by atoms with E-state index in [1.807, 2.05) is 0 Å². The number of benzene rings is 1. The lowest BCUT2D eigenvalue weighted by Gasteiger charge is -2.22. The van der Waals surface area contributed by atoms with Gasteiger partial charge in [-0.15, -0.1) is 0 Å². The molecule has 2 heteroatoms. The third-order valence-corrected chi connectivity index (χ3v) is 4.20. The molecule has 0 radical (unpaired) electrons. The molecule has 1 fully saturated rings. The Labute approximate surface area is 106 Å². The Kier molecular flexibility index (Phi) is 2.92. The zero-order valence-corrected chi connectivity index (χ0v) is 11.8. The van der Waals surface area contributed by atoms with Gasteiger partial charge in [-0.25, -0.2) is 0 Å². The summed E-state index contributed by atoms with van der Waals surface area (Å²) in [5.41, 5.74) is 2.83. The Morgan fingerprint density at radius 3 is 2.31 bits per heavy atom. The van der Waals surface area contributed by atoms with Gasteiger partial charge in [-0.1, -0.05) is 48.8 Å². The summed E-state index contributed by atoms with van der Waals surface area (Å²) in [5.74, 6) is 0. The van der Waals surface area contributed by atoms with E-state index in [0.29, 0.717) is 0 Å². The van der Waals surface area contributed by atoms with Crippen molar-refractivity contribution in [1.82, 2.24) is 0 Å². The van der Waals surface area contributed by atoms with Crippen LogP contribution in [0.25, 0.3) is 0 Å². The van der Waals surface area contributed by atoms with E-state index < -0.39 is 0 Å². The van der Waals surface area contributed by atoms with Crippen molar-refractivity contribution in [2.75, 3.05) is 6.61 Å². The van der Waals surface area contributed by atoms with Crippen LogP contribution in [0.3, 0.4) is 0 Å². The number of hydrogen-bond acceptors (Lipinski definition) is 1. The molecule has 0 bridgehead atoms.